The SMILES string of the molecule is CS(=O)(=O)c1cccc2nc(C3CCCN3)n(-c3cccc(F)c3)c(=O)c12. The number of benzene rings is 2. The maximum absolute atomic E-state index is 13.8. The second-order valence-corrected chi connectivity index (χ2v) is 8.65. The predicted molar refractivity (Wildman–Crippen MR) is 100 cm³/mol. The van der Waals surface area contributed by atoms with Crippen molar-refractivity contribution in [2.24, 2.45) is 0 Å². The van der Waals surface area contributed by atoms with E-state index in [9.17, 15) is 17.6 Å². The summed E-state index contributed by atoms with van der Waals surface area (Å²) in [5, 5.41) is 3.32. The molecule has 1 aliphatic rings. The van der Waals surface area contributed by atoms with Gasteiger partial charge in [0.2, 0.25) is 0 Å². The van der Waals surface area contributed by atoms with Crippen molar-refractivity contribution < 1.29 is 12.8 Å². The molecule has 1 aromatic heterocycles. The highest BCUT2D eigenvalue weighted by atomic mass is 32.2. The molecule has 2 heterocycles. The van der Waals surface area contributed by atoms with E-state index in [2.05, 4.69) is 10.3 Å². The molecular weight excluding hydrogens is 369 g/mol. The fraction of sp³-hybridized carbons (Fsp3) is 0.263. The summed E-state index contributed by atoms with van der Waals surface area (Å²) in [6, 6.07) is 10.1. The van der Waals surface area contributed by atoms with E-state index < -0.39 is 21.2 Å². The summed E-state index contributed by atoms with van der Waals surface area (Å²) < 4.78 is 39.5. The van der Waals surface area contributed by atoms with Crippen LogP contribution in [0, 0.1) is 5.82 Å². The number of rotatable bonds is 3. The van der Waals surface area contributed by atoms with E-state index in [4.69, 9.17) is 0 Å². The number of sulfone groups is 1. The molecule has 0 bridgehead atoms. The summed E-state index contributed by atoms with van der Waals surface area (Å²) in [5.74, 6) is -0.0255. The van der Waals surface area contributed by atoms with Crippen molar-refractivity contribution in [3.8, 4) is 5.69 Å². The lowest BCUT2D eigenvalue weighted by atomic mass is 10.1. The molecule has 140 valence electrons. The molecule has 1 N–H and O–H groups in total. The molecule has 1 fully saturated rings. The highest BCUT2D eigenvalue weighted by molar-refractivity contribution is 7.91. The maximum Gasteiger partial charge on any atom is 0.267 e. The van der Waals surface area contributed by atoms with Gasteiger partial charge in [-0.05, 0) is 49.7 Å². The second-order valence-electron chi connectivity index (χ2n) is 6.66. The average Bonchev–Trinajstić information content (AvgIpc) is 3.14. The first-order valence-corrected chi connectivity index (χ1v) is 10.5. The molecule has 0 radical (unpaired) electrons. The van der Waals surface area contributed by atoms with Crippen LogP contribution >= 0.6 is 0 Å². The van der Waals surface area contributed by atoms with Gasteiger partial charge < -0.3 is 5.32 Å². The Balaban J connectivity index is 2.13. The molecule has 1 saturated heterocycles. The Morgan fingerprint density at radius 2 is 2.00 bits per heavy atom. The minimum absolute atomic E-state index is 0.0195. The first-order chi connectivity index (χ1) is 12.9. The van der Waals surface area contributed by atoms with Crippen LogP contribution in [0.25, 0.3) is 16.6 Å². The van der Waals surface area contributed by atoms with Gasteiger partial charge in [-0.2, -0.15) is 0 Å². The molecule has 0 aliphatic carbocycles. The highest BCUT2D eigenvalue weighted by Crippen LogP contribution is 2.26. The van der Waals surface area contributed by atoms with Gasteiger partial charge in [0.1, 0.15) is 11.6 Å². The van der Waals surface area contributed by atoms with E-state index in [1.165, 1.54) is 28.8 Å². The highest BCUT2D eigenvalue weighted by Gasteiger charge is 2.26. The zero-order valence-electron chi connectivity index (χ0n) is 14.6. The molecule has 0 saturated carbocycles. The Labute approximate surface area is 155 Å². The van der Waals surface area contributed by atoms with Gasteiger partial charge in [-0.1, -0.05) is 12.1 Å². The van der Waals surface area contributed by atoms with Gasteiger partial charge in [-0.3, -0.25) is 9.36 Å². The monoisotopic (exact) mass is 387 g/mol. The summed E-state index contributed by atoms with van der Waals surface area (Å²) in [6.45, 7) is 0.797. The van der Waals surface area contributed by atoms with E-state index in [1.54, 1.807) is 18.2 Å². The molecule has 8 heteroatoms. The third kappa shape index (κ3) is 3.15. The van der Waals surface area contributed by atoms with Gasteiger partial charge in [0, 0.05) is 6.26 Å². The van der Waals surface area contributed by atoms with Gasteiger partial charge in [0.15, 0.2) is 9.84 Å². The van der Waals surface area contributed by atoms with Crippen LogP contribution in [0.3, 0.4) is 0 Å². The molecule has 1 aliphatic heterocycles. The molecule has 3 aromatic rings. The van der Waals surface area contributed by atoms with Gasteiger partial charge in [-0.15, -0.1) is 0 Å². The molecule has 1 atom stereocenters. The van der Waals surface area contributed by atoms with Crippen molar-refractivity contribution in [3.05, 3.63) is 64.5 Å². The van der Waals surface area contributed by atoms with Gasteiger partial charge in [0.05, 0.1) is 27.5 Å². The number of halogens is 1. The Bertz CT molecular complexity index is 1200. The molecule has 2 aromatic carbocycles. The summed E-state index contributed by atoms with van der Waals surface area (Å²) in [7, 11) is -3.63. The number of fused-ring (bicyclic) bond motifs is 1. The van der Waals surface area contributed by atoms with Crippen molar-refractivity contribution >= 4 is 20.7 Å². The molecule has 6 nitrogen and oxygen atoms in total. The molecule has 4 rings (SSSR count). The third-order valence-corrected chi connectivity index (χ3v) is 5.86. The molecule has 0 amide bonds. The lowest BCUT2D eigenvalue weighted by Crippen LogP contribution is -2.29. The van der Waals surface area contributed by atoms with Crippen LogP contribution in [0.1, 0.15) is 24.7 Å². The van der Waals surface area contributed by atoms with Crippen LogP contribution in [-0.4, -0.2) is 30.8 Å². The van der Waals surface area contributed by atoms with Gasteiger partial charge >= 0.3 is 0 Å². The molecule has 27 heavy (non-hydrogen) atoms. The zero-order chi connectivity index (χ0) is 19.2. The van der Waals surface area contributed by atoms with Crippen molar-refractivity contribution in [2.75, 3.05) is 12.8 Å². The second kappa shape index (κ2) is 6.54. The zero-order valence-corrected chi connectivity index (χ0v) is 15.5. The minimum atomic E-state index is -3.63. The number of nitrogens with zero attached hydrogens (tertiary/aromatic N) is 2. The van der Waals surface area contributed by atoms with Crippen molar-refractivity contribution in [1.29, 1.82) is 0 Å². The van der Waals surface area contributed by atoms with E-state index in [0.717, 1.165) is 25.6 Å². The van der Waals surface area contributed by atoms with E-state index >= 15 is 0 Å². The minimum Gasteiger partial charge on any atom is -0.307 e. The van der Waals surface area contributed by atoms with Crippen LogP contribution in [0.15, 0.2) is 52.2 Å². The normalized spacial score (nSPS) is 17.5. The molecule has 1 unspecified atom stereocenters. The Hall–Kier alpha value is -2.58. The third-order valence-electron chi connectivity index (χ3n) is 4.72. The van der Waals surface area contributed by atoms with Crippen molar-refractivity contribution in [1.82, 2.24) is 14.9 Å². The average molecular weight is 387 g/mol. The standard InChI is InChI=1S/C19H18FN3O3S/c1-27(25,26)16-9-3-7-14-17(16)19(24)23(13-6-2-5-12(20)11-13)18(22-14)15-8-4-10-21-15/h2-3,5-7,9,11,15,21H,4,8,10H2,1H3. The summed E-state index contributed by atoms with van der Waals surface area (Å²) in [4.78, 5) is 17.9. The largest absolute Gasteiger partial charge is 0.307 e. The number of aromatic nitrogens is 2. The summed E-state index contributed by atoms with van der Waals surface area (Å²) >= 11 is 0. The lowest BCUT2D eigenvalue weighted by molar-refractivity contribution is 0.580. The fourth-order valence-electron chi connectivity index (χ4n) is 3.53. The Morgan fingerprint density at radius 1 is 1.22 bits per heavy atom. The van der Waals surface area contributed by atoms with E-state index in [1.807, 2.05) is 0 Å². The Morgan fingerprint density at radius 3 is 2.67 bits per heavy atom. The van der Waals surface area contributed by atoms with Gasteiger partial charge in [-0.25, -0.2) is 17.8 Å². The van der Waals surface area contributed by atoms with E-state index in [0.29, 0.717) is 17.0 Å². The van der Waals surface area contributed by atoms with Crippen molar-refractivity contribution in [3.63, 3.8) is 0 Å². The maximum atomic E-state index is 13.8. The van der Waals surface area contributed by atoms with Crippen LogP contribution in [0.5, 0.6) is 0 Å². The van der Waals surface area contributed by atoms with Crippen LogP contribution in [-0.2, 0) is 9.84 Å². The van der Waals surface area contributed by atoms with Crippen LogP contribution in [0.4, 0.5) is 4.39 Å². The Kier molecular flexibility index (Phi) is 4.32. The first-order valence-electron chi connectivity index (χ1n) is 8.61. The number of hydrogen-bond acceptors (Lipinski definition) is 5. The van der Waals surface area contributed by atoms with Crippen LogP contribution < -0.4 is 10.9 Å². The van der Waals surface area contributed by atoms with Crippen LogP contribution in [0.2, 0.25) is 0 Å². The van der Waals surface area contributed by atoms with Gasteiger partial charge in [0.25, 0.3) is 5.56 Å². The summed E-state index contributed by atoms with van der Waals surface area (Å²) in [6.07, 6.45) is 2.78. The quantitative estimate of drug-likeness (QED) is 0.746. The summed E-state index contributed by atoms with van der Waals surface area (Å²) in [5.41, 5.74) is 0.121. The van der Waals surface area contributed by atoms with Crippen molar-refractivity contribution in [2.45, 2.75) is 23.8 Å². The fourth-order valence-corrected chi connectivity index (χ4v) is 4.42. The number of hydrogen-bond donors (Lipinski definition) is 1. The molecular formula is C19H18FN3O3S. The lowest BCUT2D eigenvalue weighted by Gasteiger charge is -2.19. The predicted octanol–water partition coefficient (Wildman–Crippen LogP) is 2.35. The topological polar surface area (TPSA) is 81.1 Å². The first kappa shape index (κ1) is 17.8. The smallest absolute Gasteiger partial charge is 0.267 e. The number of nitrogens with one attached hydrogen (secondary N) is 1. The molecule has 0 spiro atoms. The van der Waals surface area contributed by atoms with E-state index in [-0.39, 0.29) is 16.3 Å².